The van der Waals surface area contributed by atoms with Gasteiger partial charge < -0.3 is 10.2 Å². The minimum Gasteiger partial charge on any atom is -0.370 e. The Balaban J connectivity index is 1.71. The maximum absolute atomic E-state index is 12.3. The molecule has 0 spiro atoms. The maximum atomic E-state index is 12.3. The zero-order chi connectivity index (χ0) is 16.2. The molecule has 23 heavy (non-hydrogen) atoms. The highest BCUT2D eigenvalue weighted by Gasteiger charge is 2.15. The minimum absolute atomic E-state index is 0.113. The number of benzene rings is 2. The normalized spacial score (nSPS) is 14.1. The van der Waals surface area contributed by atoms with E-state index in [1.807, 2.05) is 42.5 Å². The second kappa shape index (κ2) is 7.05. The van der Waals surface area contributed by atoms with E-state index in [-0.39, 0.29) is 5.91 Å². The van der Waals surface area contributed by atoms with Crippen molar-refractivity contribution >= 4 is 28.9 Å². The number of rotatable bonds is 4. The first-order valence-corrected chi connectivity index (χ1v) is 8.50. The predicted octanol–water partition coefficient (Wildman–Crippen LogP) is 4.75. The van der Waals surface area contributed by atoms with Crippen LogP contribution in [0.3, 0.4) is 0 Å². The van der Waals surface area contributed by atoms with Crippen LogP contribution in [0.2, 0.25) is 5.02 Å². The van der Waals surface area contributed by atoms with E-state index in [2.05, 4.69) is 17.1 Å². The van der Waals surface area contributed by atoms with E-state index in [9.17, 15) is 4.79 Å². The quantitative estimate of drug-likeness (QED) is 0.878. The topological polar surface area (TPSA) is 32.3 Å². The number of nitrogens with zero attached hydrogens (tertiary/aromatic N) is 1. The van der Waals surface area contributed by atoms with Gasteiger partial charge in [0.25, 0.3) is 5.91 Å². The van der Waals surface area contributed by atoms with Gasteiger partial charge in [-0.05, 0) is 55.2 Å². The number of halogens is 1. The Morgan fingerprint density at radius 3 is 2.43 bits per heavy atom. The first-order valence-electron chi connectivity index (χ1n) is 8.12. The number of hydrogen-bond donors (Lipinski definition) is 1. The summed E-state index contributed by atoms with van der Waals surface area (Å²) in [5.74, 6) is -0.113. The van der Waals surface area contributed by atoms with Gasteiger partial charge in [0.05, 0.1) is 10.7 Å². The summed E-state index contributed by atoms with van der Waals surface area (Å²) in [4.78, 5) is 14.6. The lowest BCUT2D eigenvalue weighted by molar-refractivity contribution is 0.102. The Morgan fingerprint density at radius 1 is 1.13 bits per heavy atom. The monoisotopic (exact) mass is 328 g/mol. The lowest BCUT2D eigenvalue weighted by Gasteiger charge is -2.19. The van der Waals surface area contributed by atoms with Crippen molar-refractivity contribution < 1.29 is 4.79 Å². The molecule has 120 valence electrons. The molecule has 1 N–H and O–H groups in total. The summed E-state index contributed by atoms with van der Waals surface area (Å²) < 4.78 is 0. The number of amides is 1. The van der Waals surface area contributed by atoms with Crippen LogP contribution in [0.15, 0.2) is 42.5 Å². The van der Waals surface area contributed by atoms with E-state index < -0.39 is 0 Å². The van der Waals surface area contributed by atoms with Crippen molar-refractivity contribution in [3.8, 4) is 0 Å². The summed E-state index contributed by atoms with van der Waals surface area (Å²) in [7, 11) is 0. The number of carbonyl (C=O) groups is 1. The van der Waals surface area contributed by atoms with Gasteiger partial charge in [-0.3, -0.25) is 4.79 Å². The minimum atomic E-state index is -0.113. The third-order valence-corrected chi connectivity index (χ3v) is 4.58. The highest BCUT2D eigenvalue weighted by Crippen LogP contribution is 2.31. The lowest BCUT2D eigenvalue weighted by atomic mass is 10.1. The van der Waals surface area contributed by atoms with E-state index in [1.165, 1.54) is 18.4 Å². The van der Waals surface area contributed by atoms with Crippen molar-refractivity contribution in [2.24, 2.45) is 0 Å². The fourth-order valence-electron chi connectivity index (χ4n) is 2.89. The molecule has 0 atom stereocenters. The molecule has 0 saturated carbocycles. The molecule has 1 fully saturated rings. The zero-order valence-electron chi connectivity index (χ0n) is 13.3. The van der Waals surface area contributed by atoms with Gasteiger partial charge in [0.2, 0.25) is 0 Å². The molecule has 1 heterocycles. The maximum Gasteiger partial charge on any atom is 0.255 e. The van der Waals surface area contributed by atoms with Gasteiger partial charge in [0, 0.05) is 24.3 Å². The molecular weight excluding hydrogens is 308 g/mol. The number of anilines is 2. The van der Waals surface area contributed by atoms with Crippen LogP contribution in [0.25, 0.3) is 0 Å². The third kappa shape index (κ3) is 3.67. The van der Waals surface area contributed by atoms with Crippen LogP contribution < -0.4 is 10.2 Å². The van der Waals surface area contributed by atoms with Crippen molar-refractivity contribution in [1.82, 2.24) is 0 Å². The lowest BCUT2D eigenvalue weighted by Crippen LogP contribution is -2.18. The van der Waals surface area contributed by atoms with Crippen LogP contribution in [0.1, 0.15) is 35.7 Å². The van der Waals surface area contributed by atoms with Gasteiger partial charge in [-0.2, -0.15) is 0 Å². The Bertz CT molecular complexity index is 691. The van der Waals surface area contributed by atoms with Crippen molar-refractivity contribution in [2.75, 3.05) is 23.3 Å². The van der Waals surface area contributed by atoms with E-state index in [4.69, 9.17) is 11.6 Å². The SMILES string of the molecule is CCc1ccc(C(=O)Nc2ccc(N3CCCC3)c(Cl)c2)cc1. The molecule has 3 rings (SSSR count). The number of carbonyl (C=O) groups excluding carboxylic acids is 1. The largest absolute Gasteiger partial charge is 0.370 e. The zero-order valence-corrected chi connectivity index (χ0v) is 14.1. The van der Waals surface area contributed by atoms with Gasteiger partial charge in [-0.25, -0.2) is 0 Å². The second-order valence-corrected chi connectivity index (χ2v) is 6.27. The third-order valence-electron chi connectivity index (χ3n) is 4.28. The van der Waals surface area contributed by atoms with Gasteiger partial charge >= 0.3 is 0 Å². The highest BCUT2D eigenvalue weighted by atomic mass is 35.5. The molecule has 3 nitrogen and oxygen atoms in total. The molecule has 0 unspecified atom stereocenters. The molecule has 1 aliphatic heterocycles. The van der Waals surface area contributed by atoms with Crippen LogP contribution in [0.5, 0.6) is 0 Å². The van der Waals surface area contributed by atoms with Gasteiger partial charge in [-0.15, -0.1) is 0 Å². The Labute approximate surface area is 142 Å². The molecule has 0 radical (unpaired) electrons. The molecule has 0 bridgehead atoms. The molecule has 0 aromatic heterocycles. The molecule has 1 amide bonds. The summed E-state index contributed by atoms with van der Waals surface area (Å²) >= 11 is 6.39. The molecule has 0 aliphatic carbocycles. The highest BCUT2D eigenvalue weighted by molar-refractivity contribution is 6.33. The fourth-order valence-corrected chi connectivity index (χ4v) is 3.19. The average Bonchev–Trinajstić information content (AvgIpc) is 3.09. The smallest absolute Gasteiger partial charge is 0.255 e. The first-order chi connectivity index (χ1) is 11.2. The molecule has 1 aliphatic rings. The van der Waals surface area contributed by atoms with Crippen LogP contribution in [-0.4, -0.2) is 19.0 Å². The van der Waals surface area contributed by atoms with Gasteiger partial charge in [0.1, 0.15) is 0 Å². The van der Waals surface area contributed by atoms with Crippen LogP contribution in [0.4, 0.5) is 11.4 Å². The van der Waals surface area contributed by atoms with Crippen LogP contribution in [-0.2, 0) is 6.42 Å². The van der Waals surface area contributed by atoms with Crippen LogP contribution >= 0.6 is 11.6 Å². The van der Waals surface area contributed by atoms with Crippen LogP contribution in [0, 0.1) is 0 Å². The summed E-state index contributed by atoms with van der Waals surface area (Å²) in [5, 5.41) is 3.60. The standard InChI is InChI=1S/C19H21ClN2O/c1-2-14-5-7-15(8-6-14)19(23)21-16-9-10-18(17(20)13-16)22-11-3-4-12-22/h5-10,13H,2-4,11-12H2,1H3,(H,21,23). The predicted molar refractivity (Wildman–Crippen MR) is 96.7 cm³/mol. The van der Waals surface area contributed by atoms with Crippen molar-refractivity contribution in [1.29, 1.82) is 0 Å². The average molecular weight is 329 g/mol. The van der Waals surface area contributed by atoms with E-state index in [0.717, 1.165) is 30.9 Å². The van der Waals surface area contributed by atoms with Crippen molar-refractivity contribution in [2.45, 2.75) is 26.2 Å². The Hall–Kier alpha value is -2.00. The number of hydrogen-bond acceptors (Lipinski definition) is 2. The summed E-state index contributed by atoms with van der Waals surface area (Å²) in [6.07, 6.45) is 3.39. The molecule has 2 aromatic rings. The van der Waals surface area contributed by atoms with Gasteiger partial charge in [0.15, 0.2) is 0 Å². The Kier molecular flexibility index (Phi) is 4.87. The summed E-state index contributed by atoms with van der Waals surface area (Å²) in [6, 6.07) is 13.4. The first kappa shape index (κ1) is 15.9. The Morgan fingerprint density at radius 2 is 1.83 bits per heavy atom. The molecule has 4 heteroatoms. The fraction of sp³-hybridized carbons (Fsp3) is 0.316. The van der Waals surface area contributed by atoms with Gasteiger partial charge in [-0.1, -0.05) is 30.7 Å². The van der Waals surface area contributed by atoms with Crippen molar-refractivity contribution in [3.63, 3.8) is 0 Å². The number of nitrogens with one attached hydrogen (secondary N) is 1. The van der Waals surface area contributed by atoms with Crippen molar-refractivity contribution in [3.05, 3.63) is 58.6 Å². The second-order valence-electron chi connectivity index (χ2n) is 5.86. The summed E-state index contributed by atoms with van der Waals surface area (Å²) in [5.41, 5.74) is 3.65. The summed E-state index contributed by atoms with van der Waals surface area (Å²) in [6.45, 7) is 4.20. The molecule has 1 saturated heterocycles. The van der Waals surface area contributed by atoms with E-state index in [1.54, 1.807) is 0 Å². The molecular formula is C19H21ClN2O. The van der Waals surface area contributed by atoms with E-state index in [0.29, 0.717) is 10.6 Å². The number of aryl methyl sites for hydroxylation is 1. The van der Waals surface area contributed by atoms with E-state index >= 15 is 0 Å². The molecule has 2 aromatic carbocycles.